The maximum atomic E-state index is 11.5. The smallest absolute Gasteiger partial charge is 0.335 e. The molecule has 12 nitrogen and oxygen atoms in total. The number of aromatic carboxylic acids is 1. The average molecular weight is 604 g/mol. The Morgan fingerprint density at radius 1 is 0.795 bits per heavy atom. The summed E-state index contributed by atoms with van der Waals surface area (Å²) in [6, 6.07) is 16.8. The number of benzene rings is 3. The van der Waals surface area contributed by atoms with Gasteiger partial charge in [-0.3, -0.25) is 20.2 Å². The molecule has 2 aliphatic heterocycles. The minimum absolute atomic E-state index is 0.0533. The zero-order valence-corrected chi connectivity index (χ0v) is 24.1. The Balaban J connectivity index is 0.000000182. The van der Waals surface area contributed by atoms with Gasteiger partial charge in [0.05, 0.1) is 15.4 Å². The van der Waals surface area contributed by atoms with Crippen LogP contribution in [0.4, 0.5) is 11.4 Å². The Kier molecular flexibility index (Phi) is 9.93. The number of nitro groups is 2. The van der Waals surface area contributed by atoms with E-state index >= 15 is 0 Å². The summed E-state index contributed by atoms with van der Waals surface area (Å²) >= 11 is 0. The van der Waals surface area contributed by atoms with E-state index in [1.807, 2.05) is 36.4 Å². The first-order valence-corrected chi connectivity index (χ1v) is 14.6. The van der Waals surface area contributed by atoms with E-state index in [9.17, 15) is 25.0 Å². The van der Waals surface area contributed by atoms with Crippen LogP contribution in [0.2, 0.25) is 0 Å². The Bertz CT molecular complexity index is 1610. The number of nitro benzene ring substituents is 2. The van der Waals surface area contributed by atoms with Crippen LogP contribution in [0.25, 0.3) is 22.6 Å². The molecule has 12 heteroatoms. The number of ether oxygens (including phenoxy) is 2. The fourth-order valence-electron chi connectivity index (χ4n) is 5.60. The summed E-state index contributed by atoms with van der Waals surface area (Å²) in [4.78, 5) is 37.0. The quantitative estimate of drug-likeness (QED) is 0.170. The van der Waals surface area contributed by atoms with Crippen LogP contribution in [0, 0.1) is 32.1 Å². The van der Waals surface area contributed by atoms with Gasteiger partial charge in [0, 0.05) is 55.3 Å². The molecule has 2 aliphatic rings. The fourth-order valence-corrected chi connectivity index (χ4v) is 5.60. The van der Waals surface area contributed by atoms with Crippen LogP contribution in [0.15, 0.2) is 65.1 Å². The number of fused-ring (bicyclic) bond motifs is 1. The number of oxazole rings is 1. The molecule has 0 spiro atoms. The Hall–Kier alpha value is -4.68. The van der Waals surface area contributed by atoms with E-state index in [-0.39, 0.29) is 21.9 Å². The van der Waals surface area contributed by atoms with Crippen LogP contribution >= 0.6 is 0 Å². The van der Waals surface area contributed by atoms with Crippen molar-refractivity contribution in [1.29, 1.82) is 0 Å². The van der Waals surface area contributed by atoms with Crippen LogP contribution in [0.5, 0.6) is 0 Å². The van der Waals surface area contributed by atoms with Gasteiger partial charge < -0.3 is 19.0 Å². The van der Waals surface area contributed by atoms with Gasteiger partial charge >= 0.3 is 5.97 Å². The molecule has 2 fully saturated rings. The van der Waals surface area contributed by atoms with Crippen LogP contribution < -0.4 is 0 Å². The Labute approximate surface area is 252 Å². The van der Waals surface area contributed by atoms with E-state index in [0.717, 1.165) is 56.0 Å². The van der Waals surface area contributed by atoms with Crippen molar-refractivity contribution in [2.24, 2.45) is 11.8 Å². The lowest BCUT2D eigenvalue weighted by Crippen LogP contribution is -2.18. The van der Waals surface area contributed by atoms with Crippen LogP contribution in [-0.4, -0.2) is 52.3 Å². The van der Waals surface area contributed by atoms with E-state index in [0.29, 0.717) is 60.5 Å². The zero-order chi connectivity index (χ0) is 31.1. The van der Waals surface area contributed by atoms with Crippen molar-refractivity contribution in [1.82, 2.24) is 4.98 Å². The van der Waals surface area contributed by atoms with Crippen LogP contribution in [0.1, 0.15) is 47.2 Å². The van der Waals surface area contributed by atoms with Gasteiger partial charge in [-0.2, -0.15) is 0 Å². The first kappa shape index (κ1) is 30.8. The lowest BCUT2D eigenvalue weighted by atomic mass is 9.91. The lowest BCUT2D eigenvalue weighted by molar-refractivity contribution is -0.385. The molecular formula is C32H33N3O9. The molecule has 3 aromatic carbocycles. The minimum Gasteiger partial charge on any atom is -0.478 e. The second kappa shape index (κ2) is 14.2. The van der Waals surface area contributed by atoms with Gasteiger partial charge in [-0.25, -0.2) is 9.78 Å². The number of hydrogen-bond donors (Lipinski definition) is 1. The lowest BCUT2D eigenvalue weighted by Gasteiger charge is -2.21. The number of nitrogens with zero attached hydrogens (tertiary/aromatic N) is 3. The number of hydrogen-bond acceptors (Lipinski definition) is 9. The largest absolute Gasteiger partial charge is 0.478 e. The van der Waals surface area contributed by atoms with E-state index < -0.39 is 10.9 Å². The topological polar surface area (TPSA) is 168 Å². The number of aromatic nitrogens is 1. The monoisotopic (exact) mass is 603 g/mol. The molecule has 3 heterocycles. The Morgan fingerprint density at radius 2 is 1.34 bits per heavy atom. The molecule has 0 atom stereocenters. The molecule has 6 rings (SSSR count). The molecule has 230 valence electrons. The molecular weight excluding hydrogens is 570 g/mol. The third-order valence-electron chi connectivity index (χ3n) is 8.05. The minimum atomic E-state index is -1.15. The SMILES string of the molecule is O=C(O)c1ccc(CC2CCOCC2)c([N+](=O)[O-])c1.O=[N+]([O-])c1cc(-c2nc3ccccc3o2)ccc1CC1CCOCC1. The normalized spacial score (nSPS) is 15.8. The zero-order valence-electron chi connectivity index (χ0n) is 24.1. The second-order valence-electron chi connectivity index (χ2n) is 11.0. The molecule has 1 aromatic heterocycles. The molecule has 0 saturated carbocycles. The number of para-hydroxylation sites is 2. The van der Waals surface area contributed by atoms with Crippen molar-refractivity contribution in [3.8, 4) is 11.5 Å². The summed E-state index contributed by atoms with van der Waals surface area (Å²) in [5, 5.41) is 31.4. The molecule has 0 amide bonds. The van der Waals surface area contributed by atoms with Crippen molar-refractivity contribution in [3.05, 3.63) is 97.6 Å². The second-order valence-corrected chi connectivity index (χ2v) is 11.0. The van der Waals surface area contributed by atoms with Gasteiger partial charge in [-0.1, -0.05) is 24.3 Å². The third-order valence-corrected chi connectivity index (χ3v) is 8.05. The van der Waals surface area contributed by atoms with Crippen LogP contribution in [0.3, 0.4) is 0 Å². The van der Waals surface area contributed by atoms with Crippen molar-refractivity contribution < 1.29 is 33.6 Å². The summed E-state index contributed by atoms with van der Waals surface area (Å²) in [6.07, 6.45) is 4.97. The van der Waals surface area contributed by atoms with E-state index in [1.165, 1.54) is 6.07 Å². The van der Waals surface area contributed by atoms with Gasteiger partial charge in [0.25, 0.3) is 11.4 Å². The van der Waals surface area contributed by atoms with Gasteiger partial charge in [-0.15, -0.1) is 0 Å². The predicted octanol–water partition coefficient (Wildman–Crippen LogP) is 6.63. The van der Waals surface area contributed by atoms with E-state index in [2.05, 4.69) is 4.98 Å². The number of carboxylic acids is 1. The number of carbonyl (C=O) groups is 1. The first-order valence-electron chi connectivity index (χ1n) is 14.6. The summed E-state index contributed by atoms with van der Waals surface area (Å²) in [7, 11) is 0. The molecule has 44 heavy (non-hydrogen) atoms. The maximum absolute atomic E-state index is 11.5. The van der Waals surface area contributed by atoms with Gasteiger partial charge in [0.15, 0.2) is 5.58 Å². The van der Waals surface area contributed by atoms with Gasteiger partial charge in [0.1, 0.15) is 5.52 Å². The standard InChI is InChI=1S/C19H18N2O4.C13H15NO5/c22-21(23)17-12-15(19-20-16-3-1-2-4-18(16)25-19)6-5-14(17)11-13-7-9-24-10-8-13;15-13(16)11-2-1-10(12(8-11)14(17)18)7-9-3-5-19-6-4-9/h1-6,12-13H,7-11H2;1-2,8-9H,3-7H2,(H,15,16). The molecule has 0 aliphatic carbocycles. The van der Waals surface area contributed by atoms with Gasteiger partial charge in [-0.05, 0) is 74.6 Å². The van der Waals surface area contributed by atoms with Crippen molar-refractivity contribution in [2.75, 3.05) is 26.4 Å². The average Bonchev–Trinajstić information content (AvgIpc) is 3.47. The molecule has 0 bridgehead atoms. The van der Waals surface area contributed by atoms with Crippen molar-refractivity contribution in [3.63, 3.8) is 0 Å². The predicted molar refractivity (Wildman–Crippen MR) is 161 cm³/mol. The highest BCUT2D eigenvalue weighted by atomic mass is 16.6. The van der Waals surface area contributed by atoms with Crippen LogP contribution in [-0.2, 0) is 22.3 Å². The summed E-state index contributed by atoms with van der Waals surface area (Å²) in [6.45, 7) is 2.84. The molecule has 0 radical (unpaired) electrons. The van der Waals surface area contributed by atoms with Crippen molar-refractivity contribution in [2.45, 2.75) is 38.5 Å². The Morgan fingerprint density at radius 3 is 1.89 bits per heavy atom. The molecule has 4 aromatic rings. The highest BCUT2D eigenvalue weighted by Gasteiger charge is 2.23. The van der Waals surface area contributed by atoms with E-state index in [4.69, 9.17) is 19.0 Å². The number of carboxylic acid groups (broad SMARTS) is 1. The van der Waals surface area contributed by atoms with E-state index in [1.54, 1.807) is 12.1 Å². The highest BCUT2D eigenvalue weighted by molar-refractivity contribution is 5.88. The third kappa shape index (κ3) is 7.63. The van der Waals surface area contributed by atoms with Crippen molar-refractivity contribution >= 4 is 28.4 Å². The summed E-state index contributed by atoms with van der Waals surface area (Å²) < 4.78 is 16.3. The van der Waals surface area contributed by atoms with Gasteiger partial charge in [0.2, 0.25) is 5.89 Å². The first-order chi connectivity index (χ1) is 21.3. The molecule has 0 unspecified atom stereocenters. The maximum Gasteiger partial charge on any atom is 0.335 e. The summed E-state index contributed by atoms with van der Waals surface area (Å²) in [5.74, 6) is 0.0494. The molecule has 2 saturated heterocycles. The highest BCUT2D eigenvalue weighted by Crippen LogP contribution is 2.32. The fraction of sp³-hybridized carbons (Fsp3) is 0.375. The molecule has 1 N–H and O–H groups in total. The summed E-state index contributed by atoms with van der Waals surface area (Å²) in [5.41, 5.74) is 3.37. The number of rotatable bonds is 8.